The van der Waals surface area contributed by atoms with Crippen LogP contribution in [-0.2, 0) is 9.59 Å². The number of hydrogen-bond donors (Lipinski definition) is 0. The molecule has 1 unspecified atom stereocenters. The van der Waals surface area contributed by atoms with Crippen LogP contribution in [0, 0.1) is 0 Å². The molecule has 0 bridgehead atoms. The monoisotopic (exact) mass is 343 g/mol. The van der Waals surface area contributed by atoms with Gasteiger partial charge >= 0.3 is 103 Å². The van der Waals surface area contributed by atoms with Crippen molar-refractivity contribution in [1.82, 2.24) is 4.98 Å². The van der Waals surface area contributed by atoms with E-state index in [1.807, 2.05) is 0 Å². The van der Waals surface area contributed by atoms with Gasteiger partial charge in [0.2, 0.25) is 0 Å². The predicted octanol–water partition coefficient (Wildman–Crippen LogP) is -6.81. The quantitative estimate of drug-likeness (QED) is 0.392. The van der Waals surface area contributed by atoms with E-state index >= 15 is 0 Å². The Kier molecular flexibility index (Phi) is 10.7. The van der Waals surface area contributed by atoms with Gasteiger partial charge < -0.3 is 24.2 Å². The number of carboxylic acids is 2. The Bertz CT molecular complexity index is 570. The third-order valence-corrected chi connectivity index (χ3v) is 3.15. The number of fused-ring (bicyclic) bond motifs is 1. The number of aromatic nitrogens is 1. The fourth-order valence-corrected chi connectivity index (χ4v) is 2.20. The van der Waals surface area contributed by atoms with Crippen molar-refractivity contribution in [2.24, 2.45) is 0 Å². The molecule has 2 rings (SSSR count). The van der Waals surface area contributed by atoms with Crippen molar-refractivity contribution >= 4 is 34.8 Å². The number of rotatable bonds is 5. The molecule has 1 aromatic heterocycles. The van der Waals surface area contributed by atoms with Crippen LogP contribution in [0.1, 0.15) is 6.42 Å². The summed E-state index contributed by atoms with van der Waals surface area (Å²) in [6.07, 6.45) is -0.661. The van der Waals surface area contributed by atoms with Crippen LogP contribution in [0.4, 0.5) is 0 Å². The van der Waals surface area contributed by atoms with Gasteiger partial charge in [0.1, 0.15) is 5.52 Å². The molecule has 0 fully saturated rings. The number of thioether (sulfide) groups is 1. The first kappa shape index (κ1) is 21.3. The summed E-state index contributed by atoms with van der Waals surface area (Å²) in [4.78, 5) is 25.2. The molecule has 20 heavy (non-hydrogen) atoms. The molecule has 0 saturated carbocycles. The zero-order valence-electron chi connectivity index (χ0n) is 11.0. The molecule has 0 amide bonds. The molecule has 1 atom stereocenters. The normalized spacial score (nSPS) is 11.2. The van der Waals surface area contributed by atoms with Crippen LogP contribution in [0.3, 0.4) is 0 Å². The minimum Gasteiger partial charge on any atom is -0.550 e. The van der Waals surface area contributed by atoms with Crippen LogP contribution in [0.2, 0.25) is 0 Å². The van der Waals surface area contributed by atoms with E-state index in [0.717, 1.165) is 0 Å². The van der Waals surface area contributed by atoms with Gasteiger partial charge in [0.25, 0.3) is 5.22 Å². The molecule has 0 radical (unpaired) electrons. The molecule has 0 aliphatic heterocycles. The summed E-state index contributed by atoms with van der Waals surface area (Å²) in [5.74, 6) is -2.96. The van der Waals surface area contributed by atoms with Crippen LogP contribution < -0.4 is 113 Å². The van der Waals surface area contributed by atoms with E-state index in [0.29, 0.717) is 22.9 Å². The van der Waals surface area contributed by atoms with Crippen molar-refractivity contribution in [3.63, 3.8) is 0 Å². The zero-order valence-corrected chi connectivity index (χ0v) is 18.1. The van der Waals surface area contributed by atoms with Gasteiger partial charge in [-0.05, 0) is 12.1 Å². The number of carboxylic acid groups (broad SMARTS) is 2. The Balaban J connectivity index is 0.00000180. The summed E-state index contributed by atoms with van der Waals surface area (Å²) in [5.41, 5.74) is 1.08. The topological polar surface area (TPSA) is 106 Å². The van der Waals surface area contributed by atoms with Gasteiger partial charge in [-0.25, -0.2) is 4.98 Å². The van der Waals surface area contributed by atoms with Crippen molar-refractivity contribution in [3.05, 3.63) is 24.3 Å². The molecule has 6 nitrogen and oxygen atoms in total. The molecule has 0 aliphatic rings. The Morgan fingerprint density at radius 3 is 2.45 bits per heavy atom. The molecule has 94 valence electrons. The molecule has 0 saturated heterocycles. The third kappa shape index (κ3) is 6.17. The van der Waals surface area contributed by atoms with Gasteiger partial charge in [-0.15, -0.1) is 0 Å². The maximum Gasteiger partial charge on any atom is 1.00 e. The van der Waals surface area contributed by atoms with E-state index in [1.54, 1.807) is 24.3 Å². The number of carbonyl (C=O) groups is 2. The number of oxazole rings is 1. The van der Waals surface area contributed by atoms with E-state index < -0.39 is 23.6 Å². The van der Waals surface area contributed by atoms with Gasteiger partial charge in [-0.3, -0.25) is 0 Å². The van der Waals surface area contributed by atoms with Crippen molar-refractivity contribution in [1.29, 1.82) is 0 Å². The first-order valence-corrected chi connectivity index (χ1v) is 5.87. The molecular weight excluding hydrogens is 336 g/mol. The average Bonchev–Trinajstić information content (AvgIpc) is 2.69. The van der Waals surface area contributed by atoms with Crippen LogP contribution >= 0.6 is 11.8 Å². The number of nitrogens with zero attached hydrogens (tertiary/aromatic N) is 1. The molecule has 0 N–H and O–H groups in total. The zero-order chi connectivity index (χ0) is 13.1. The Morgan fingerprint density at radius 1 is 1.25 bits per heavy atom. The van der Waals surface area contributed by atoms with Crippen LogP contribution in [-0.4, -0.2) is 22.2 Å². The van der Waals surface area contributed by atoms with Crippen LogP contribution in [0.15, 0.2) is 33.9 Å². The SMILES string of the molecule is O=C([O-])CC(Sc1nc2ccccc2o1)C(=O)[O-].[K+].[K+]. The second kappa shape index (κ2) is 10.1. The van der Waals surface area contributed by atoms with Gasteiger partial charge in [0.15, 0.2) is 5.58 Å². The summed E-state index contributed by atoms with van der Waals surface area (Å²) >= 11 is 0.690. The van der Waals surface area contributed by atoms with E-state index in [9.17, 15) is 19.8 Å². The minimum absolute atomic E-state index is 0. The predicted molar refractivity (Wildman–Crippen MR) is 58.3 cm³/mol. The number of hydrogen-bond acceptors (Lipinski definition) is 7. The van der Waals surface area contributed by atoms with Crippen molar-refractivity contribution in [2.75, 3.05) is 0 Å². The van der Waals surface area contributed by atoms with Crippen molar-refractivity contribution in [2.45, 2.75) is 16.9 Å². The van der Waals surface area contributed by atoms with Crippen LogP contribution in [0.25, 0.3) is 11.1 Å². The third-order valence-electron chi connectivity index (χ3n) is 2.13. The van der Waals surface area contributed by atoms with Crippen molar-refractivity contribution < 1.29 is 127 Å². The summed E-state index contributed by atoms with van der Waals surface area (Å²) in [6.45, 7) is 0. The van der Waals surface area contributed by atoms with Crippen molar-refractivity contribution in [3.8, 4) is 0 Å². The van der Waals surface area contributed by atoms with Gasteiger partial charge in [0, 0.05) is 12.4 Å². The number of benzene rings is 1. The molecule has 2 aromatic rings. The average molecular weight is 343 g/mol. The van der Waals surface area contributed by atoms with Gasteiger partial charge in [-0.2, -0.15) is 0 Å². The van der Waals surface area contributed by atoms with Gasteiger partial charge in [-0.1, -0.05) is 23.9 Å². The maximum absolute atomic E-state index is 10.8. The first-order valence-electron chi connectivity index (χ1n) is 4.99. The summed E-state index contributed by atoms with van der Waals surface area (Å²) in [5, 5.41) is 20.0. The van der Waals surface area contributed by atoms with Crippen LogP contribution in [0.5, 0.6) is 0 Å². The van der Waals surface area contributed by atoms with E-state index in [1.165, 1.54) is 0 Å². The first-order chi connectivity index (χ1) is 8.56. The molecule has 1 heterocycles. The fraction of sp³-hybridized carbons (Fsp3) is 0.182. The number of carbonyl (C=O) groups excluding carboxylic acids is 2. The Hall–Kier alpha value is 1.25. The van der Waals surface area contributed by atoms with E-state index in [-0.39, 0.29) is 108 Å². The Labute approximate surface area is 203 Å². The van der Waals surface area contributed by atoms with E-state index in [2.05, 4.69) is 4.98 Å². The standard InChI is InChI=1S/C11H9NO5S.2K/c13-9(14)5-8(10(15)16)18-11-12-6-3-1-2-4-7(6)17-11;;/h1-4,8H,5H2,(H,13,14)(H,15,16);;/q;2*+1/p-2. The molecular formula is C11H7K2NO5S. The molecule has 1 aromatic carbocycles. The fourth-order valence-electron chi connectivity index (χ4n) is 1.35. The second-order valence-corrected chi connectivity index (χ2v) is 4.60. The molecule has 0 aliphatic carbocycles. The summed E-state index contributed by atoms with van der Waals surface area (Å²) < 4.78 is 5.28. The summed E-state index contributed by atoms with van der Waals surface area (Å²) in [7, 11) is 0. The van der Waals surface area contributed by atoms with Gasteiger partial charge in [0.05, 0.1) is 11.2 Å². The number of aliphatic carboxylic acids is 2. The molecule has 0 spiro atoms. The largest absolute Gasteiger partial charge is 1.00 e. The molecule has 9 heteroatoms. The minimum atomic E-state index is -1.49. The number of para-hydroxylation sites is 2. The smallest absolute Gasteiger partial charge is 0.550 e. The second-order valence-electron chi connectivity index (χ2n) is 3.45. The van der Waals surface area contributed by atoms with E-state index in [4.69, 9.17) is 4.42 Å². The Morgan fingerprint density at radius 2 is 1.90 bits per heavy atom. The summed E-state index contributed by atoms with van der Waals surface area (Å²) in [6, 6.07) is 6.89. The maximum atomic E-state index is 10.8.